The highest BCUT2D eigenvalue weighted by Crippen LogP contribution is 2.39. The summed E-state index contributed by atoms with van der Waals surface area (Å²) in [6, 6.07) is 2.75. The Balaban J connectivity index is 2.22. The second kappa shape index (κ2) is 5.54. The van der Waals surface area contributed by atoms with Crippen molar-refractivity contribution in [2.45, 2.75) is 45.6 Å². The van der Waals surface area contributed by atoms with Gasteiger partial charge in [0.05, 0.1) is 16.9 Å². The second-order valence-corrected chi connectivity index (χ2v) is 6.70. The largest absolute Gasteiger partial charge is 0.478 e. The number of hydrogen-bond acceptors (Lipinski definition) is 3. The average molecular weight is 294 g/mol. The van der Waals surface area contributed by atoms with E-state index in [1.807, 2.05) is 11.9 Å². The van der Waals surface area contributed by atoms with Gasteiger partial charge in [0.15, 0.2) is 0 Å². The van der Waals surface area contributed by atoms with Crippen LogP contribution in [0, 0.1) is 11.2 Å². The molecule has 5 heteroatoms. The van der Waals surface area contributed by atoms with Crippen LogP contribution in [0.1, 0.15) is 49.9 Å². The molecule has 0 atom stereocenters. The van der Waals surface area contributed by atoms with Crippen molar-refractivity contribution in [3.63, 3.8) is 0 Å². The molecule has 1 aromatic rings. The molecule has 0 spiro atoms. The zero-order chi connectivity index (χ0) is 15.8. The van der Waals surface area contributed by atoms with Crippen LogP contribution in [0.4, 0.5) is 15.8 Å². The van der Waals surface area contributed by atoms with Gasteiger partial charge in [-0.05, 0) is 37.2 Å². The fourth-order valence-corrected chi connectivity index (χ4v) is 3.02. The van der Waals surface area contributed by atoms with E-state index in [4.69, 9.17) is 10.8 Å². The van der Waals surface area contributed by atoms with Crippen molar-refractivity contribution in [2.75, 3.05) is 17.7 Å². The maximum Gasteiger partial charge on any atom is 0.338 e. The minimum Gasteiger partial charge on any atom is -0.478 e. The van der Waals surface area contributed by atoms with E-state index >= 15 is 0 Å². The molecule has 0 heterocycles. The smallest absolute Gasteiger partial charge is 0.338 e. The van der Waals surface area contributed by atoms with Crippen LogP contribution in [0.5, 0.6) is 0 Å². The number of nitrogens with zero attached hydrogens (tertiary/aromatic N) is 1. The topological polar surface area (TPSA) is 66.6 Å². The first kappa shape index (κ1) is 15.6. The monoisotopic (exact) mass is 294 g/mol. The lowest BCUT2D eigenvalue weighted by Crippen LogP contribution is -2.37. The number of anilines is 2. The number of carboxylic acid groups (broad SMARTS) is 1. The van der Waals surface area contributed by atoms with Crippen molar-refractivity contribution in [2.24, 2.45) is 5.41 Å². The van der Waals surface area contributed by atoms with E-state index in [1.165, 1.54) is 12.1 Å². The lowest BCUT2D eigenvalue weighted by Gasteiger charge is -2.40. The van der Waals surface area contributed by atoms with Crippen LogP contribution in [-0.2, 0) is 0 Å². The Morgan fingerprint density at radius 2 is 1.95 bits per heavy atom. The average Bonchev–Trinajstić information content (AvgIpc) is 2.40. The van der Waals surface area contributed by atoms with Gasteiger partial charge in [-0.3, -0.25) is 0 Å². The SMILES string of the molecule is CN(c1cc(F)c(C(=O)O)cc1N)C1CCC(C)(C)CC1. The Hall–Kier alpha value is -1.78. The molecule has 1 aliphatic carbocycles. The fourth-order valence-electron chi connectivity index (χ4n) is 3.02. The van der Waals surface area contributed by atoms with E-state index in [-0.39, 0.29) is 5.56 Å². The molecule has 0 aliphatic heterocycles. The van der Waals surface area contributed by atoms with Crippen molar-refractivity contribution < 1.29 is 14.3 Å². The maximum atomic E-state index is 13.9. The molecule has 0 aromatic heterocycles. The van der Waals surface area contributed by atoms with Crippen LogP contribution in [-0.4, -0.2) is 24.2 Å². The Morgan fingerprint density at radius 3 is 2.48 bits per heavy atom. The molecule has 0 bridgehead atoms. The number of rotatable bonds is 3. The molecule has 0 amide bonds. The van der Waals surface area contributed by atoms with E-state index in [2.05, 4.69) is 13.8 Å². The summed E-state index contributed by atoms with van der Waals surface area (Å²) in [5.74, 6) is -2.04. The highest BCUT2D eigenvalue weighted by Gasteiger charge is 2.30. The van der Waals surface area contributed by atoms with Crippen molar-refractivity contribution in [3.05, 3.63) is 23.5 Å². The lowest BCUT2D eigenvalue weighted by atomic mass is 9.75. The first-order chi connectivity index (χ1) is 9.71. The lowest BCUT2D eigenvalue weighted by molar-refractivity contribution is 0.0692. The Morgan fingerprint density at radius 1 is 1.38 bits per heavy atom. The predicted molar refractivity (Wildman–Crippen MR) is 82.2 cm³/mol. The molecule has 3 N–H and O–H groups in total. The van der Waals surface area contributed by atoms with Crippen LogP contribution < -0.4 is 10.6 Å². The number of benzene rings is 1. The molecule has 116 valence electrons. The number of nitrogens with two attached hydrogens (primary N) is 1. The maximum absolute atomic E-state index is 13.9. The minimum absolute atomic E-state index is 0.307. The quantitative estimate of drug-likeness (QED) is 0.837. The highest BCUT2D eigenvalue weighted by atomic mass is 19.1. The van der Waals surface area contributed by atoms with Crippen LogP contribution in [0.25, 0.3) is 0 Å². The number of hydrogen-bond donors (Lipinski definition) is 2. The molecule has 1 fully saturated rings. The predicted octanol–water partition coefficient (Wildman–Crippen LogP) is 3.51. The molecular formula is C16H23FN2O2. The summed E-state index contributed by atoms with van der Waals surface area (Å²) in [7, 11) is 1.90. The molecule has 21 heavy (non-hydrogen) atoms. The first-order valence-corrected chi connectivity index (χ1v) is 7.26. The Labute approximate surface area is 124 Å². The Bertz CT molecular complexity index is 547. The van der Waals surface area contributed by atoms with Gasteiger partial charge < -0.3 is 15.7 Å². The van der Waals surface area contributed by atoms with Gasteiger partial charge >= 0.3 is 5.97 Å². The number of carbonyl (C=O) groups is 1. The normalized spacial score (nSPS) is 18.5. The molecule has 0 radical (unpaired) electrons. The van der Waals surface area contributed by atoms with Crippen molar-refractivity contribution in [1.82, 2.24) is 0 Å². The van der Waals surface area contributed by atoms with E-state index in [0.29, 0.717) is 22.8 Å². The van der Waals surface area contributed by atoms with Crippen LogP contribution >= 0.6 is 0 Å². The molecule has 0 unspecified atom stereocenters. The van der Waals surface area contributed by atoms with Gasteiger partial charge in [-0.2, -0.15) is 0 Å². The third-order valence-electron chi connectivity index (χ3n) is 4.58. The van der Waals surface area contributed by atoms with Crippen molar-refractivity contribution >= 4 is 17.3 Å². The molecule has 0 saturated heterocycles. The fraction of sp³-hybridized carbons (Fsp3) is 0.562. The first-order valence-electron chi connectivity index (χ1n) is 7.26. The van der Waals surface area contributed by atoms with Crippen LogP contribution in [0.3, 0.4) is 0 Å². The summed E-state index contributed by atoms with van der Waals surface area (Å²) in [6.07, 6.45) is 4.31. The van der Waals surface area contributed by atoms with Gasteiger partial charge in [0.2, 0.25) is 0 Å². The number of carboxylic acids is 1. The van der Waals surface area contributed by atoms with E-state index in [0.717, 1.165) is 25.7 Å². The summed E-state index contributed by atoms with van der Waals surface area (Å²) in [6.45, 7) is 4.53. The van der Waals surface area contributed by atoms with Gasteiger partial charge in [0.25, 0.3) is 0 Å². The van der Waals surface area contributed by atoms with Crippen molar-refractivity contribution in [1.29, 1.82) is 0 Å². The number of aromatic carboxylic acids is 1. The van der Waals surface area contributed by atoms with Gasteiger partial charge in [0, 0.05) is 19.2 Å². The molecular weight excluding hydrogens is 271 g/mol. The van der Waals surface area contributed by atoms with E-state index < -0.39 is 11.8 Å². The summed E-state index contributed by atoms with van der Waals surface area (Å²) < 4.78 is 13.9. The zero-order valence-electron chi connectivity index (χ0n) is 12.8. The highest BCUT2D eigenvalue weighted by molar-refractivity contribution is 5.91. The summed E-state index contributed by atoms with van der Waals surface area (Å²) >= 11 is 0. The third-order valence-corrected chi connectivity index (χ3v) is 4.58. The molecule has 1 aromatic carbocycles. The zero-order valence-corrected chi connectivity index (χ0v) is 12.8. The van der Waals surface area contributed by atoms with Gasteiger partial charge in [-0.15, -0.1) is 0 Å². The molecule has 1 aliphatic rings. The van der Waals surface area contributed by atoms with Gasteiger partial charge in [-0.25, -0.2) is 9.18 Å². The van der Waals surface area contributed by atoms with E-state index in [9.17, 15) is 9.18 Å². The molecule has 2 rings (SSSR count). The third kappa shape index (κ3) is 3.28. The van der Waals surface area contributed by atoms with Crippen LogP contribution in [0.15, 0.2) is 12.1 Å². The number of halogens is 1. The van der Waals surface area contributed by atoms with Crippen molar-refractivity contribution in [3.8, 4) is 0 Å². The summed E-state index contributed by atoms with van der Waals surface area (Å²) in [5, 5.41) is 8.92. The standard InChI is InChI=1S/C16H23FN2O2/c1-16(2)6-4-10(5-7-16)19(3)14-9-12(17)11(15(20)21)8-13(14)18/h8-10H,4-7,18H2,1-3H3,(H,20,21). The summed E-state index contributed by atoms with van der Waals surface area (Å²) in [4.78, 5) is 12.9. The van der Waals surface area contributed by atoms with Crippen LogP contribution in [0.2, 0.25) is 0 Å². The number of nitrogen functional groups attached to an aromatic ring is 1. The Kier molecular flexibility index (Phi) is 4.12. The molecule has 4 nitrogen and oxygen atoms in total. The van der Waals surface area contributed by atoms with Gasteiger partial charge in [-0.1, -0.05) is 13.8 Å². The van der Waals surface area contributed by atoms with E-state index in [1.54, 1.807) is 0 Å². The second-order valence-electron chi connectivity index (χ2n) is 6.70. The molecule has 1 saturated carbocycles. The summed E-state index contributed by atoms with van der Waals surface area (Å²) in [5.41, 5.74) is 6.78. The minimum atomic E-state index is -1.30. The van der Waals surface area contributed by atoms with Gasteiger partial charge in [0.1, 0.15) is 5.82 Å².